The topological polar surface area (TPSA) is 94.6 Å². The monoisotopic (exact) mass is 481 g/mol. The number of carbonyl (C=O) groups is 1. The average Bonchev–Trinajstić information content (AvgIpc) is 3.69. The predicted molar refractivity (Wildman–Crippen MR) is 130 cm³/mol. The minimum absolute atomic E-state index is 0.119. The largest absolute Gasteiger partial charge is 0.486 e. The van der Waals surface area contributed by atoms with Crippen molar-refractivity contribution in [1.29, 1.82) is 0 Å². The number of aromatic nitrogens is 2. The summed E-state index contributed by atoms with van der Waals surface area (Å²) >= 11 is 5.39. The lowest BCUT2D eigenvalue weighted by Gasteiger charge is -2.23. The second-order valence-electron chi connectivity index (χ2n) is 8.69. The maximum atomic E-state index is 13.2. The van der Waals surface area contributed by atoms with E-state index in [-0.39, 0.29) is 17.5 Å². The first-order valence-electron chi connectivity index (χ1n) is 11.5. The fraction of sp³-hybridized carbons (Fsp3) is 0.400. The molecule has 1 unspecified atom stereocenters. The van der Waals surface area contributed by atoms with Crippen molar-refractivity contribution in [2.45, 2.75) is 31.8 Å². The predicted octanol–water partition coefficient (Wildman–Crippen LogP) is 3.75. The fourth-order valence-corrected chi connectivity index (χ4v) is 4.63. The zero-order valence-electron chi connectivity index (χ0n) is 19.0. The Kier molecular flexibility index (Phi) is 6.38. The molecular weight excluding hydrogens is 454 g/mol. The number of nitrogens with zero attached hydrogens (tertiary/aromatic N) is 1. The average molecular weight is 482 g/mol. The number of aromatic amines is 1. The molecule has 1 fully saturated rings. The summed E-state index contributed by atoms with van der Waals surface area (Å²) < 4.78 is 18.3. The number of rotatable bonds is 8. The van der Waals surface area contributed by atoms with Gasteiger partial charge in [0.2, 0.25) is 0 Å². The third kappa shape index (κ3) is 4.58. The summed E-state index contributed by atoms with van der Waals surface area (Å²) in [5.41, 5.74) is 1.85. The second kappa shape index (κ2) is 9.60. The molecule has 1 amide bonds. The number of hydrogen-bond acceptors (Lipinski definition) is 6. The van der Waals surface area contributed by atoms with Crippen molar-refractivity contribution < 1.29 is 19.0 Å². The Balaban J connectivity index is 1.39. The van der Waals surface area contributed by atoms with Crippen molar-refractivity contribution in [1.82, 2.24) is 14.9 Å². The summed E-state index contributed by atoms with van der Waals surface area (Å²) in [5, 5.41) is 3.68. The van der Waals surface area contributed by atoms with Crippen LogP contribution in [-0.2, 0) is 11.3 Å². The summed E-state index contributed by atoms with van der Waals surface area (Å²) in [5.74, 6) is 1.63. The third-order valence-corrected chi connectivity index (χ3v) is 6.60. The number of benzene rings is 2. The molecule has 178 valence electrons. The molecule has 0 radical (unpaired) electrons. The molecule has 1 saturated carbocycles. The number of H-pyrrole nitrogens is 1. The molecule has 1 aliphatic heterocycles. The van der Waals surface area contributed by atoms with Crippen LogP contribution in [0.15, 0.2) is 41.2 Å². The van der Waals surface area contributed by atoms with Gasteiger partial charge in [0.05, 0.1) is 16.9 Å². The van der Waals surface area contributed by atoms with E-state index >= 15 is 0 Å². The SMILES string of the molecule is COCCCn1c(=S)[nH]c2cc(C(=O)NC(c3ccc4c(c3)OCCO4)C3CC3)ccc2c1=O. The van der Waals surface area contributed by atoms with Crippen LogP contribution in [0.2, 0.25) is 0 Å². The van der Waals surface area contributed by atoms with Gasteiger partial charge in [-0.15, -0.1) is 0 Å². The van der Waals surface area contributed by atoms with Crippen LogP contribution in [0.25, 0.3) is 10.9 Å². The molecule has 2 aromatic carbocycles. The van der Waals surface area contributed by atoms with Gasteiger partial charge in [-0.05, 0) is 73.3 Å². The lowest BCUT2D eigenvalue weighted by Crippen LogP contribution is -2.30. The van der Waals surface area contributed by atoms with E-state index in [0.717, 1.165) is 24.2 Å². The van der Waals surface area contributed by atoms with Gasteiger partial charge in [-0.3, -0.25) is 14.2 Å². The molecular formula is C25H27N3O5S. The van der Waals surface area contributed by atoms with Gasteiger partial charge in [0.25, 0.3) is 11.5 Å². The molecule has 1 atom stereocenters. The fourth-order valence-electron chi connectivity index (χ4n) is 4.35. The Morgan fingerprint density at radius 1 is 1.21 bits per heavy atom. The molecule has 0 bridgehead atoms. The highest BCUT2D eigenvalue weighted by molar-refractivity contribution is 7.71. The van der Waals surface area contributed by atoms with E-state index < -0.39 is 0 Å². The Morgan fingerprint density at radius 2 is 2.00 bits per heavy atom. The Hall–Kier alpha value is -3.17. The molecule has 34 heavy (non-hydrogen) atoms. The zero-order valence-corrected chi connectivity index (χ0v) is 19.8. The van der Waals surface area contributed by atoms with E-state index in [9.17, 15) is 9.59 Å². The van der Waals surface area contributed by atoms with Gasteiger partial charge in [0.1, 0.15) is 13.2 Å². The van der Waals surface area contributed by atoms with Crippen molar-refractivity contribution in [2.75, 3.05) is 26.9 Å². The van der Waals surface area contributed by atoms with E-state index in [4.69, 9.17) is 26.4 Å². The molecule has 8 nitrogen and oxygen atoms in total. The van der Waals surface area contributed by atoms with Gasteiger partial charge in [-0.25, -0.2) is 0 Å². The highest BCUT2D eigenvalue weighted by Crippen LogP contribution is 2.43. The van der Waals surface area contributed by atoms with Crippen LogP contribution in [0, 0.1) is 10.7 Å². The van der Waals surface area contributed by atoms with Crippen LogP contribution in [0.3, 0.4) is 0 Å². The molecule has 1 aliphatic carbocycles. The number of methoxy groups -OCH3 is 1. The highest BCUT2D eigenvalue weighted by Gasteiger charge is 2.34. The first kappa shape index (κ1) is 22.6. The van der Waals surface area contributed by atoms with Crippen LogP contribution in [-0.4, -0.2) is 42.4 Å². The summed E-state index contributed by atoms with van der Waals surface area (Å²) in [6.07, 6.45) is 2.81. The summed E-state index contributed by atoms with van der Waals surface area (Å²) in [6.45, 7) is 2.07. The third-order valence-electron chi connectivity index (χ3n) is 6.28. The molecule has 5 rings (SSSR count). The molecule has 1 aromatic heterocycles. The molecule has 2 N–H and O–H groups in total. The number of fused-ring (bicyclic) bond motifs is 2. The molecule has 3 aromatic rings. The Bertz CT molecular complexity index is 1340. The zero-order chi connectivity index (χ0) is 23.7. The summed E-state index contributed by atoms with van der Waals surface area (Å²) in [7, 11) is 1.62. The van der Waals surface area contributed by atoms with Crippen molar-refractivity contribution in [2.24, 2.45) is 5.92 Å². The quantitative estimate of drug-likeness (QED) is 0.376. The van der Waals surface area contributed by atoms with Gasteiger partial charge in [0, 0.05) is 25.8 Å². The minimum Gasteiger partial charge on any atom is -0.486 e. The lowest BCUT2D eigenvalue weighted by atomic mass is 10.0. The molecule has 2 aliphatic rings. The Labute approximate surface area is 201 Å². The molecule has 2 heterocycles. The van der Waals surface area contributed by atoms with Crippen molar-refractivity contribution in [3.8, 4) is 11.5 Å². The summed E-state index contributed by atoms with van der Waals surface area (Å²) in [6, 6.07) is 10.8. The van der Waals surface area contributed by atoms with E-state index in [1.165, 1.54) is 4.57 Å². The molecule has 0 spiro atoms. The van der Waals surface area contributed by atoms with Crippen molar-refractivity contribution >= 4 is 29.0 Å². The van der Waals surface area contributed by atoms with Crippen LogP contribution in [0.5, 0.6) is 11.5 Å². The molecule has 0 saturated heterocycles. The van der Waals surface area contributed by atoms with Gasteiger partial charge >= 0.3 is 0 Å². The normalized spacial score (nSPS) is 15.8. The van der Waals surface area contributed by atoms with Gasteiger partial charge in [-0.2, -0.15) is 0 Å². The summed E-state index contributed by atoms with van der Waals surface area (Å²) in [4.78, 5) is 29.2. The van der Waals surface area contributed by atoms with Crippen LogP contribution < -0.4 is 20.3 Å². The van der Waals surface area contributed by atoms with E-state index in [2.05, 4.69) is 10.3 Å². The smallest absolute Gasteiger partial charge is 0.262 e. The maximum Gasteiger partial charge on any atom is 0.262 e. The standard InChI is InChI=1S/C25H27N3O5S/c1-31-10-2-9-28-24(30)18-7-5-17(13-19(18)26-25(28)34)23(29)27-22(15-3-4-15)16-6-8-20-21(14-16)33-12-11-32-20/h5-8,13-15,22H,2-4,9-12H2,1H3,(H,26,34)(H,27,29). The maximum absolute atomic E-state index is 13.2. The van der Waals surface area contributed by atoms with Gasteiger partial charge in [-0.1, -0.05) is 6.07 Å². The van der Waals surface area contributed by atoms with Gasteiger partial charge < -0.3 is 24.5 Å². The number of nitrogens with one attached hydrogen (secondary N) is 2. The van der Waals surface area contributed by atoms with E-state index in [1.54, 1.807) is 25.3 Å². The second-order valence-corrected chi connectivity index (χ2v) is 9.07. The van der Waals surface area contributed by atoms with Crippen molar-refractivity contribution in [3.05, 3.63) is 62.6 Å². The first-order chi connectivity index (χ1) is 16.5. The van der Waals surface area contributed by atoms with Crippen molar-refractivity contribution in [3.63, 3.8) is 0 Å². The van der Waals surface area contributed by atoms with E-state index in [0.29, 0.717) is 65.7 Å². The Morgan fingerprint density at radius 3 is 2.76 bits per heavy atom. The van der Waals surface area contributed by atoms with E-state index in [1.807, 2.05) is 18.2 Å². The lowest BCUT2D eigenvalue weighted by molar-refractivity contribution is 0.0931. The number of carbonyl (C=O) groups excluding carboxylic acids is 1. The first-order valence-corrected chi connectivity index (χ1v) is 11.9. The number of hydrogen-bond donors (Lipinski definition) is 2. The highest BCUT2D eigenvalue weighted by atomic mass is 32.1. The minimum atomic E-state index is -0.197. The van der Waals surface area contributed by atoms with Crippen LogP contribution in [0.1, 0.15) is 41.2 Å². The number of amides is 1. The van der Waals surface area contributed by atoms with Crippen LogP contribution in [0.4, 0.5) is 0 Å². The van der Waals surface area contributed by atoms with Crippen LogP contribution >= 0.6 is 12.2 Å². The molecule has 9 heteroatoms. The number of ether oxygens (including phenoxy) is 3. The van der Waals surface area contributed by atoms with Gasteiger partial charge in [0.15, 0.2) is 16.3 Å².